The van der Waals surface area contributed by atoms with E-state index in [2.05, 4.69) is 46.4 Å². The van der Waals surface area contributed by atoms with Gasteiger partial charge < -0.3 is 20.4 Å². The molecule has 1 aliphatic carbocycles. The molecule has 1 heterocycles. The van der Waals surface area contributed by atoms with Crippen molar-refractivity contribution in [3.05, 3.63) is 35.9 Å². The number of aliphatic carboxylic acids is 2. The molecule has 0 bridgehead atoms. The predicted octanol–water partition coefficient (Wildman–Crippen LogP) is 2.42. The molecule has 14 heteroatoms. The molecule has 1 saturated carbocycles. The molecule has 0 unspecified atom stereocenters. The normalized spacial score (nSPS) is 20.4. The van der Waals surface area contributed by atoms with Crippen LogP contribution in [-0.4, -0.2) is 96.5 Å². The highest BCUT2D eigenvalue weighted by Crippen LogP contribution is 2.47. The number of carboxylic acids is 2. The fourth-order valence-electron chi connectivity index (χ4n) is 3.09. The highest BCUT2D eigenvalue weighted by molar-refractivity contribution is 5.82. The minimum absolute atomic E-state index is 0.194. The van der Waals surface area contributed by atoms with Crippen molar-refractivity contribution in [2.75, 3.05) is 46.3 Å². The van der Waals surface area contributed by atoms with Crippen LogP contribution in [0.5, 0.6) is 0 Å². The summed E-state index contributed by atoms with van der Waals surface area (Å²) in [7, 11) is 2.16. The number of nitrogens with zero attached hydrogens (tertiary/aromatic N) is 2. The molecule has 198 valence electrons. The monoisotopic (exact) mass is 515 g/mol. The van der Waals surface area contributed by atoms with Gasteiger partial charge in [0.1, 0.15) is 0 Å². The Bertz CT molecular complexity index is 803. The number of hydrogen-bond acceptors (Lipinski definition) is 5. The maximum absolute atomic E-state index is 12.1. The lowest BCUT2D eigenvalue weighted by Gasteiger charge is -2.32. The fraction of sp³-hybridized carbons (Fsp3) is 0.571. The van der Waals surface area contributed by atoms with Gasteiger partial charge in [0.25, 0.3) is 0 Å². The number of halogens is 6. The van der Waals surface area contributed by atoms with Crippen molar-refractivity contribution in [1.82, 2.24) is 15.1 Å². The van der Waals surface area contributed by atoms with Crippen molar-refractivity contribution in [3.8, 4) is 0 Å². The summed E-state index contributed by atoms with van der Waals surface area (Å²) < 4.78 is 63.5. The summed E-state index contributed by atoms with van der Waals surface area (Å²) in [6.07, 6.45) is -9.16. The highest BCUT2D eigenvalue weighted by Gasteiger charge is 2.43. The average molecular weight is 515 g/mol. The number of piperazine rings is 1. The maximum atomic E-state index is 12.1. The van der Waals surface area contributed by atoms with Gasteiger partial charge in [0.2, 0.25) is 5.91 Å². The Morgan fingerprint density at radius 1 is 0.914 bits per heavy atom. The summed E-state index contributed by atoms with van der Waals surface area (Å²) in [5.41, 5.74) is 1.30. The Morgan fingerprint density at radius 2 is 1.37 bits per heavy atom. The summed E-state index contributed by atoms with van der Waals surface area (Å²) >= 11 is 0. The second-order valence-electron chi connectivity index (χ2n) is 7.90. The van der Waals surface area contributed by atoms with Crippen LogP contribution in [0.15, 0.2) is 30.3 Å². The Hall–Kier alpha value is -2.87. The van der Waals surface area contributed by atoms with Gasteiger partial charge in [0.15, 0.2) is 0 Å². The van der Waals surface area contributed by atoms with Gasteiger partial charge >= 0.3 is 24.3 Å². The number of carboxylic acid groups (broad SMARTS) is 2. The van der Waals surface area contributed by atoms with E-state index in [9.17, 15) is 31.1 Å². The van der Waals surface area contributed by atoms with Gasteiger partial charge in [0, 0.05) is 45.2 Å². The zero-order chi connectivity index (χ0) is 26.8. The molecule has 0 radical (unpaired) electrons. The number of amides is 1. The zero-order valence-corrected chi connectivity index (χ0v) is 18.8. The summed E-state index contributed by atoms with van der Waals surface area (Å²) in [5.74, 6) is -4.65. The Morgan fingerprint density at radius 3 is 1.80 bits per heavy atom. The number of carbonyl (C=O) groups excluding carboxylic acids is 1. The minimum atomic E-state index is -5.08. The zero-order valence-electron chi connectivity index (χ0n) is 18.8. The second kappa shape index (κ2) is 13.3. The van der Waals surface area contributed by atoms with E-state index in [4.69, 9.17) is 19.8 Å². The van der Waals surface area contributed by atoms with Crippen LogP contribution in [0.3, 0.4) is 0 Å². The topological polar surface area (TPSA) is 110 Å². The molecule has 1 aliphatic heterocycles. The van der Waals surface area contributed by atoms with E-state index in [1.807, 2.05) is 6.07 Å². The second-order valence-corrected chi connectivity index (χ2v) is 7.90. The molecule has 2 aliphatic rings. The fourth-order valence-corrected chi connectivity index (χ4v) is 3.09. The molecular formula is C21H27F6N3O5. The number of likely N-dealkylation sites (N-methyl/N-ethyl adjacent to an activating group) is 1. The van der Waals surface area contributed by atoms with Crippen molar-refractivity contribution in [3.63, 3.8) is 0 Å². The molecule has 3 N–H and O–H groups in total. The van der Waals surface area contributed by atoms with Crippen molar-refractivity contribution in [2.45, 2.75) is 24.7 Å². The first-order valence-electron chi connectivity index (χ1n) is 10.5. The number of nitrogens with one attached hydrogen (secondary N) is 1. The van der Waals surface area contributed by atoms with Gasteiger partial charge in [-0.25, -0.2) is 9.59 Å². The van der Waals surface area contributed by atoms with E-state index in [0.717, 1.165) is 45.7 Å². The van der Waals surface area contributed by atoms with E-state index in [0.29, 0.717) is 5.92 Å². The van der Waals surface area contributed by atoms with Crippen LogP contribution in [0.25, 0.3) is 0 Å². The van der Waals surface area contributed by atoms with Crippen molar-refractivity contribution < 1.29 is 50.9 Å². The van der Waals surface area contributed by atoms with Gasteiger partial charge in [0.05, 0.1) is 0 Å². The molecule has 1 amide bonds. The lowest BCUT2D eigenvalue weighted by molar-refractivity contribution is -0.193. The molecular weight excluding hydrogens is 488 g/mol. The van der Waals surface area contributed by atoms with Gasteiger partial charge in [-0.05, 0) is 24.9 Å². The SMILES string of the molecule is CN1CCN(CCNC(=O)[C@@H]2C[C@H]2c2ccccc2)CC1.O=C(O)C(F)(F)F.O=C(O)C(F)(F)F. The lowest BCUT2D eigenvalue weighted by Crippen LogP contribution is -2.47. The smallest absolute Gasteiger partial charge is 0.475 e. The molecule has 1 aromatic rings. The van der Waals surface area contributed by atoms with E-state index >= 15 is 0 Å². The first kappa shape index (κ1) is 30.2. The van der Waals surface area contributed by atoms with Crippen LogP contribution in [0.1, 0.15) is 17.9 Å². The highest BCUT2D eigenvalue weighted by atomic mass is 19.4. The van der Waals surface area contributed by atoms with Crippen LogP contribution in [-0.2, 0) is 14.4 Å². The molecule has 2 atom stereocenters. The van der Waals surface area contributed by atoms with Crippen molar-refractivity contribution >= 4 is 17.8 Å². The summed E-state index contributed by atoms with van der Waals surface area (Å²) in [4.78, 5) is 34.7. The van der Waals surface area contributed by atoms with Crippen LogP contribution in [0, 0.1) is 5.92 Å². The number of hydrogen-bond donors (Lipinski definition) is 3. The summed E-state index contributed by atoms with van der Waals surface area (Å²) in [6, 6.07) is 10.4. The first-order valence-corrected chi connectivity index (χ1v) is 10.5. The minimum Gasteiger partial charge on any atom is -0.475 e. The van der Waals surface area contributed by atoms with Gasteiger partial charge in [-0.3, -0.25) is 9.69 Å². The molecule has 1 saturated heterocycles. The van der Waals surface area contributed by atoms with E-state index in [1.165, 1.54) is 5.56 Å². The summed E-state index contributed by atoms with van der Waals surface area (Å²) in [5, 5.41) is 17.4. The van der Waals surface area contributed by atoms with Crippen molar-refractivity contribution in [1.29, 1.82) is 0 Å². The maximum Gasteiger partial charge on any atom is 0.490 e. The number of carbonyl (C=O) groups is 3. The molecule has 8 nitrogen and oxygen atoms in total. The molecule has 2 fully saturated rings. The summed E-state index contributed by atoms with van der Waals surface area (Å²) in [6.45, 7) is 6.24. The quantitative estimate of drug-likeness (QED) is 0.517. The predicted molar refractivity (Wildman–Crippen MR) is 112 cm³/mol. The largest absolute Gasteiger partial charge is 0.490 e. The molecule has 0 aromatic heterocycles. The van der Waals surface area contributed by atoms with Crippen LogP contribution >= 0.6 is 0 Å². The van der Waals surface area contributed by atoms with Crippen LogP contribution in [0.4, 0.5) is 26.3 Å². The first-order chi connectivity index (χ1) is 16.1. The number of benzene rings is 1. The Kier molecular flexibility index (Phi) is 11.4. The Labute approximate surface area is 197 Å². The van der Waals surface area contributed by atoms with Gasteiger partial charge in [-0.2, -0.15) is 26.3 Å². The molecule has 35 heavy (non-hydrogen) atoms. The number of alkyl halides is 6. The molecule has 3 rings (SSSR count). The number of rotatable bonds is 5. The molecule has 0 spiro atoms. The van der Waals surface area contributed by atoms with Crippen molar-refractivity contribution in [2.24, 2.45) is 5.92 Å². The van der Waals surface area contributed by atoms with E-state index in [1.54, 1.807) is 0 Å². The average Bonchev–Trinajstić information content (AvgIpc) is 3.56. The lowest BCUT2D eigenvalue weighted by atomic mass is 10.1. The van der Waals surface area contributed by atoms with Gasteiger partial charge in [-0.15, -0.1) is 0 Å². The van der Waals surface area contributed by atoms with Crippen LogP contribution in [0.2, 0.25) is 0 Å². The van der Waals surface area contributed by atoms with E-state index < -0.39 is 24.3 Å². The standard InChI is InChI=1S/C17H25N3O.2C2HF3O2/c1-19-9-11-20(12-10-19)8-7-18-17(21)16-13-15(16)14-5-3-2-4-6-14;2*3-2(4,5)1(6)7/h2-6,15-16H,7-13H2,1H3,(H,18,21);2*(H,6,7)/t15-,16+;;/m0../s1. The third-order valence-corrected chi connectivity index (χ3v) is 5.16. The molecule has 1 aromatic carbocycles. The Balaban J connectivity index is 0.000000362. The van der Waals surface area contributed by atoms with Crippen LogP contribution < -0.4 is 5.32 Å². The van der Waals surface area contributed by atoms with Gasteiger partial charge in [-0.1, -0.05) is 30.3 Å². The third kappa shape index (κ3) is 11.9. The third-order valence-electron chi connectivity index (χ3n) is 5.16. The van der Waals surface area contributed by atoms with E-state index in [-0.39, 0.29) is 11.8 Å².